The van der Waals surface area contributed by atoms with Crippen LogP contribution in [-0.4, -0.2) is 19.7 Å². The molecule has 0 spiro atoms. The van der Waals surface area contributed by atoms with Gasteiger partial charge in [-0.1, -0.05) is 41.1 Å². The highest BCUT2D eigenvalue weighted by molar-refractivity contribution is 9.10. The molecule has 0 aromatic heterocycles. The molecule has 0 bridgehead atoms. The molecule has 94 valence electrons. The SMILES string of the molecule is CCNCC(OCC1CC1)c1ccccc1Br. The van der Waals surface area contributed by atoms with Gasteiger partial charge < -0.3 is 10.1 Å². The van der Waals surface area contributed by atoms with Crippen molar-refractivity contribution in [3.05, 3.63) is 34.3 Å². The van der Waals surface area contributed by atoms with Crippen LogP contribution in [0.4, 0.5) is 0 Å². The lowest BCUT2D eigenvalue weighted by Crippen LogP contribution is -2.24. The molecule has 1 aromatic carbocycles. The summed E-state index contributed by atoms with van der Waals surface area (Å²) in [5.41, 5.74) is 1.24. The molecule has 17 heavy (non-hydrogen) atoms. The van der Waals surface area contributed by atoms with Gasteiger partial charge in [-0.05, 0) is 36.9 Å². The number of rotatable bonds is 7. The zero-order valence-corrected chi connectivity index (χ0v) is 11.9. The van der Waals surface area contributed by atoms with Gasteiger partial charge in [0.05, 0.1) is 12.7 Å². The number of ether oxygens (including phenoxy) is 1. The fourth-order valence-corrected chi connectivity index (χ4v) is 2.35. The molecule has 0 heterocycles. The third-order valence-corrected chi connectivity index (χ3v) is 3.78. The van der Waals surface area contributed by atoms with Gasteiger partial charge in [-0.2, -0.15) is 0 Å². The summed E-state index contributed by atoms with van der Waals surface area (Å²) in [6.07, 6.45) is 2.83. The third-order valence-electron chi connectivity index (χ3n) is 3.06. The number of likely N-dealkylation sites (N-methyl/N-ethyl adjacent to an activating group) is 1. The fourth-order valence-electron chi connectivity index (χ4n) is 1.81. The van der Waals surface area contributed by atoms with Crippen LogP contribution in [0.25, 0.3) is 0 Å². The van der Waals surface area contributed by atoms with Crippen molar-refractivity contribution in [3.63, 3.8) is 0 Å². The topological polar surface area (TPSA) is 21.3 Å². The second-order valence-corrected chi connectivity index (χ2v) is 5.45. The number of nitrogens with one attached hydrogen (secondary N) is 1. The number of halogens is 1. The van der Waals surface area contributed by atoms with Crippen molar-refractivity contribution in [1.29, 1.82) is 0 Å². The quantitative estimate of drug-likeness (QED) is 0.831. The molecule has 2 rings (SSSR count). The van der Waals surface area contributed by atoms with Crippen LogP contribution in [0.15, 0.2) is 28.7 Å². The summed E-state index contributed by atoms with van der Waals surface area (Å²) in [5.74, 6) is 0.807. The van der Waals surface area contributed by atoms with Gasteiger partial charge in [0.25, 0.3) is 0 Å². The van der Waals surface area contributed by atoms with E-state index in [1.54, 1.807) is 0 Å². The van der Waals surface area contributed by atoms with Crippen LogP contribution in [0.5, 0.6) is 0 Å². The molecule has 0 saturated heterocycles. The first-order chi connectivity index (χ1) is 8.31. The summed E-state index contributed by atoms with van der Waals surface area (Å²) in [6.45, 7) is 4.88. The Morgan fingerprint density at radius 1 is 1.41 bits per heavy atom. The van der Waals surface area contributed by atoms with E-state index in [0.717, 1.165) is 30.1 Å². The minimum atomic E-state index is 0.158. The first kappa shape index (κ1) is 13.1. The Balaban J connectivity index is 1.99. The van der Waals surface area contributed by atoms with E-state index in [0.29, 0.717) is 0 Å². The Kier molecular flexibility index (Phi) is 5.01. The van der Waals surface area contributed by atoms with Gasteiger partial charge in [0, 0.05) is 11.0 Å². The minimum absolute atomic E-state index is 0.158. The molecule has 0 aliphatic heterocycles. The monoisotopic (exact) mass is 297 g/mol. The maximum Gasteiger partial charge on any atom is 0.0960 e. The largest absolute Gasteiger partial charge is 0.372 e. The second kappa shape index (κ2) is 6.53. The average Bonchev–Trinajstić information content (AvgIpc) is 3.15. The predicted molar refractivity (Wildman–Crippen MR) is 74.1 cm³/mol. The summed E-state index contributed by atoms with van der Waals surface area (Å²) in [4.78, 5) is 0. The summed E-state index contributed by atoms with van der Waals surface area (Å²) in [7, 11) is 0. The van der Waals surface area contributed by atoms with Crippen molar-refractivity contribution in [3.8, 4) is 0 Å². The lowest BCUT2D eigenvalue weighted by atomic mass is 10.1. The van der Waals surface area contributed by atoms with E-state index in [1.807, 2.05) is 6.07 Å². The van der Waals surface area contributed by atoms with E-state index in [-0.39, 0.29) is 6.10 Å². The van der Waals surface area contributed by atoms with E-state index in [2.05, 4.69) is 46.4 Å². The van der Waals surface area contributed by atoms with Crippen molar-refractivity contribution < 1.29 is 4.74 Å². The van der Waals surface area contributed by atoms with Crippen molar-refractivity contribution in [2.24, 2.45) is 5.92 Å². The van der Waals surface area contributed by atoms with E-state index in [9.17, 15) is 0 Å². The standard InChI is InChI=1S/C14H20BrNO/c1-2-16-9-14(17-10-11-7-8-11)12-5-3-4-6-13(12)15/h3-6,11,14,16H,2,7-10H2,1H3. The van der Waals surface area contributed by atoms with Crippen molar-refractivity contribution >= 4 is 15.9 Å². The minimum Gasteiger partial charge on any atom is -0.372 e. The predicted octanol–water partition coefficient (Wildman–Crippen LogP) is 3.53. The van der Waals surface area contributed by atoms with Gasteiger partial charge in [0.2, 0.25) is 0 Å². The van der Waals surface area contributed by atoms with E-state index in [1.165, 1.54) is 18.4 Å². The van der Waals surface area contributed by atoms with Gasteiger partial charge in [0.15, 0.2) is 0 Å². The Morgan fingerprint density at radius 2 is 2.18 bits per heavy atom. The van der Waals surface area contributed by atoms with Crippen LogP contribution in [0.3, 0.4) is 0 Å². The first-order valence-corrected chi connectivity index (χ1v) is 7.17. The normalized spacial score (nSPS) is 17.1. The maximum atomic E-state index is 6.04. The average molecular weight is 298 g/mol. The Bertz CT molecular complexity index is 352. The van der Waals surface area contributed by atoms with Crippen molar-refractivity contribution in [2.75, 3.05) is 19.7 Å². The van der Waals surface area contributed by atoms with Crippen LogP contribution < -0.4 is 5.32 Å². The van der Waals surface area contributed by atoms with Crippen LogP contribution in [0.1, 0.15) is 31.4 Å². The molecule has 1 aromatic rings. The molecule has 0 radical (unpaired) electrons. The molecule has 1 aliphatic rings. The van der Waals surface area contributed by atoms with E-state index < -0.39 is 0 Å². The maximum absolute atomic E-state index is 6.04. The van der Waals surface area contributed by atoms with Gasteiger partial charge in [0.1, 0.15) is 0 Å². The van der Waals surface area contributed by atoms with Crippen molar-refractivity contribution in [1.82, 2.24) is 5.32 Å². The molecular formula is C14H20BrNO. The van der Waals surface area contributed by atoms with Crippen LogP contribution in [0, 0.1) is 5.92 Å². The molecule has 1 fully saturated rings. The molecule has 2 nitrogen and oxygen atoms in total. The molecule has 1 aliphatic carbocycles. The summed E-state index contributed by atoms with van der Waals surface area (Å²) >= 11 is 3.60. The summed E-state index contributed by atoms with van der Waals surface area (Å²) in [6, 6.07) is 8.33. The lowest BCUT2D eigenvalue weighted by molar-refractivity contribution is 0.0451. The zero-order chi connectivity index (χ0) is 12.1. The fraction of sp³-hybridized carbons (Fsp3) is 0.571. The second-order valence-electron chi connectivity index (χ2n) is 4.59. The van der Waals surface area contributed by atoms with Gasteiger partial charge >= 0.3 is 0 Å². The zero-order valence-electron chi connectivity index (χ0n) is 10.3. The molecule has 1 atom stereocenters. The van der Waals surface area contributed by atoms with Crippen LogP contribution in [0.2, 0.25) is 0 Å². The third kappa shape index (κ3) is 4.09. The highest BCUT2D eigenvalue weighted by Crippen LogP contribution is 2.32. The van der Waals surface area contributed by atoms with Gasteiger partial charge in [-0.3, -0.25) is 0 Å². The first-order valence-electron chi connectivity index (χ1n) is 6.38. The molecule has 3 heteroatoms. The Labute approximate surface area is 112 Å². The van der Waals surface area contributed by atoms with Crippen LogP contribution in [-0.2, 0) is 4.74 Å². The summed E-state index contributed by atoms with van der Waals surface area (Å²) in [5, 5.41) is 3.37. The molecule has 0 amide bonds. The number of hydrogen-bond acceptors (Lipinski definition) is 2. The van der Waals surface area contributed by atoms with E-state index in [4.69, 9.17) is 4.74 Å². The Morgan fingerprint density at radius 3 is 2.82 bits per heavy atom. The van der Waals surface area contributed by atoms with E-state index >= 15 is 0 Å². The number of benzene rings is 1. The van der Waals surface area contributed by atoms with Crippen molar-refractivity contribution in [2.45, 2.75) is 25.9 Å². The molecule has 1 N–H and O–H groups in total. The number of hydrogen-bond donors (Lipinski definition) is 1. The smallest absolute Gasteiger partial charge is 0.0960 e. The lowest BCUT2D eigenvalue weighted by Gasteiger charge is -2.20. The molecule has 1 unspecified atom stereocenters. The summed E-state index contributed by atoms with van der Waals surface area (Å²) < 4.78 is 7.18. The van der Waals surface area contributed by atoms with Gasteiger partial charge in [-0.25, -0.2) is 0 Å². The Hall–Kier alpha value is -0.380. The van der Waals surface area contributed by atoms with Gasteiger partial charge in [-0.15, -0.1) is 0 Å². The highest BCUT2D eigenvalue weighted by Gasteiger charge is 2.24. The molecular weight excluding hydrogens is 278 g/mol. The highest BCUT2D eigenvalue weighted by atomic mass is 79.9. The van der Waals surface area contributed by atoms with Crippen LogP contribution >= 0.6 is 15.9 Å². The molecule has 1 saturated carbocycles.